The van der Waals surface area contributed by atoms with Crippen molar-refractivity contribution in [3.05, 3.63) is 68.9 Å². The Morgan fingerprint density at radius 2 is 1.95 bits per heavy atom. The number of halogens is 1. The molecule has 1 aromatic heterocycles. The molecule has 0 amide bonds. The lowest BCUT2D eigenvalue weighted by Crippen LogP contribution is -2.24. The molecule has 0 spiro atoms. The van der Waals surface area contributed by atoms with E-state index in [0.29, 0.717) is 17.4 Å². The highest BCUT2D eigenvalue weighted by molar-refractivity contribution is 9.10. The largest absolute Gasteiger partial charge is 0.277 e. The molecule has 3 rings (SSSR count). The number of nitrogens with zero attached hydrogens (tertiary/aromatic N) is 3. The van der Waals surface area contributed by atoms with E-state index in [1.807, 2.05) is 36.4 Å². The SMILES string of the molecule is O=c1c2ccccc2nnn1Cc1cccc(Br)c1. The Morgan fingerprint density at radius 3 is 2.79 bits per heavy atom. The molecule has 0 radical (unpaired) electrons. The normalized spacial score (nSPS) is 10.8. The first kappa shape index (κ1) is 12.0. The standard InChI is InChI=1S/C14H10BrN3O/c15-11-5-3-4-10(8-11)9-18-14(19)12-6-1-2-7-13(12)16-17-18/h1-8H,9H2. The Labute approximate surface area is 117 Å². The molecule has 0 aliphatic rings. The second kappa shape index (κ2) is 4.93. The van der Waals surface area contributed by atoms with E-state index >= 15 is 0 Å². The van der Waals surface area contributed by atoms with Crippen molar-refractivity contribution in [2.24, 2.45) is 0 Å². The Morgan fingerprint density at radius 1 is 1.11 bits per heavy atom. The Balaban J connectivity index is 2.06. The Kier molecular flexibility index (Phi) is 3.13. The summed E-state index contributed by atoms with van der Waals surface area (Å²) in [6, 6.07) is 15.0. The molecule has 19 heavy (non-hydrogen) atoms. The molecule has 0 atom stereocenters. The predicted molar refractivity (Wildman–Crippen MR) is 77.0 cm³/mol. The number of benzene rings is 2. The summed E-state index contributed by atoms with van der Waals surface area (Å²) in [5, 5.41) is 8.62. The quantitative estimate of drug-likeness (QED) is 0.730. The van der Waals surface area contributed by atoms with E-state index in [4.69, 9.17) is 0 Å². The van der Waals surface area contributed by atoms with Gasteiger partial charge in [-0.25, -0.2) is 4.68 Å². The summed E-state index contributed by atoms with van der Waals surface area (Å²) in [4.78, 5) is 12.3. The van der Waals surface area contributed by atoms with Gasteiger partial charge in [-0.15, -0.1) is 5.10 Å². The van der Waals surface area contributed by atoms with Crippen molar-refractivity contribution in [3.63, 3.8) is 0 Å². The molecule has 3 aromatic rings. The van der Waals surface area contributed by atoms with Gasteiger partial charge in [0, 0.05) is 4.47 Å². The molecular formula is C14H10BrN3O. The van der Waals surface area contributed by atoms with E-state index in [0.717, 1.165) is 10.0 Å². The molecule has 1 heterocycles. The van der Waals surface area contributed by atoms with Gasteiger partial charge in [0.15, 0.2) is 0 Å². The first-order chi connectivity index (χ1) is 9.24. The molecule has 0 saturated carbocycles. The van der Waals surface area contributed by atoms with Gasteiger partial charge in [-0.1, -0.05) is 45.4 Å². The van der Waals surface area contributed by atoms with Crippen molar-refractivity contribution >= 4 is 26.8 Å². The first-order valence-electron chi connectivity index (χ1n) is 5.81. The lowest BCUT2D eigenvalue weighted by Gasteiger charge is -2.05. The van der Waals surface area contributed by atoms with E-state index in [1.54, 1.807) is 12.1 Å². The fourth-order valence-electron chi connectivity index (χ4n) is 1.94. The van der Waals surface area contributed by atoms with Gasteiger partial charge in [0.2, 0.25) is 0 Å². The molecule has 0 N–H and O–H groups in total. The van der Waals surface area contributed by atoms with E-state index in [2.05, 4.69) is 26.2 Å². The molecule has 4 nitrogen and oxygen atoms in total. The molecule has 5 heteroatoms. The molecule has 0 aliphatic carbocycles. The summed E-state index contributed by atoms with van der Waals surface area (Å²) in [7, 11) is 0. The zero-order chi connectivity index (χ0) is 13.2. The number of fused-ring (bicyclic) bond motifs is 1. The van der Waals surface area contributed by atoms with E-state index in [-0.39, 0.29) is 5.56 Å². The monoisotopic (exact) mass is 315 g/mol. The van der Waals surface area contributed by atoms with E-state index in [1.165, 1.54) is 4.68 Å². The summed E-state index contributed by atoms with van der Waals surface area (Å²) >= 11 is 3.41. The van der Waals surface area contributed by atoms with Crippen molar-refractivity contribution in [3.8, 4) is 0 Å². The van der Waals surface area contributed by atoms with Gasteiger partial charge < -0.3 is 0 Å². The predicted octanol–water partition coefficient (Wildman–Crippen LogP) is 2.60. The fraction of sp³-hybridized carbons (Fsp3) is 0.0714. The minimum atomic E-state index is -0.120. The van der Waals surface area contributed by atoms with Crippen LogP contribution in [0.1, 0.15) is 5.56 Å². The van der Waals surface area contributed by atoms with Crippen LogP contribution in [-0.2, 0) is 6.54 Å². The zero-order valence-corrected chi connectivity index (χ0v) is 11.5. The molecule has 94 valence electrons. The molecule has 0 aliphatic heterocycles. The molecule has 0 saturated heterocycles. The number of aromatic nitrogens is 3. The van der Waals surface area contributed by atoms with Crippen molar-refractivity contribution in [2.45, 2.75) is 6.54 Å². The van der Waals surface area contributed by atoms with Gasteiger partial charge in [-0.2, -0.15) is 0 Å². The van der Waals surface area contributed by atoms with Gasteiger partial charge in [0.25, 0.3) is 5.56 Å². The summed E-state index contributed by atoms with van der Waals surface area (Å²) in [6.07, 6.45) is 0. The lowest BCUT2D eigenvalue weighted by atomic mass is 10.2. The highest BCUT2D eigenvalue weighted by Crippen LogP contribution is 2.12. The van der Waals surface area contributed by atoms with Crippen LogP contribution in [0, 0.1) is 0 Å². The van der Waals surface area contributed by atoms with Crippen LogP contribution in [0.2, 0.25) is 0 Å². The third kappa shape index (κ3) is 2.42. The summed E-state index contributed by atoms with van der Waals surface area (Å²) in [5.41, 5.74) is 1.50. The van der Waals surface area contributed by atoms with Gasteiger partial charge >= 0.3 is 0 Å². The van der Waals surface area contributed by atoms with Crippen molar-refractivity contribution in [1.29, 1.82) is 0 Å². The maximum absolute atomic E-state index is 12.3. The lowest BCUT2D eigenvalue weighted by molar-refractivity contribution is 0.600. The number of rotatable bonds is 2. The van der Waals surface area contributed by atoms with Crippen LogP contribution < -0.4 is 5.56 Å². The minimum Gasteiger partial charge on any atom is -0.267 e. The number of hydrogen-bond acceptors (Lipinski definition) is 3. The highest BCUT2D eigenvalue weighted by Gasteiger charge is 2.05. The summed E-state index contributed by atoms with van der Waals surface area (Å²) in [5.74, 6) is 0. The van der Waals surface area contributed by atoms with Crippen LogP contribution in [0.3, 0.4) is 0 Å². The van der Waals surface area contributed by atoms with Gasteiger partial charge in [-0.05, 0) is 29.8 Å². The summed E-state index contributed by atoms with van der Waals surface area (Å²) < 4.78 is 2.36. The van der Waals surface area contributed by atoms with Crippen LogP contribution in [0.4, 0.5) is 0 Å². The van der Waals surface area contributed by atoms with Crippen LogP contribution in [0.15, 0.2) is 57.8 Å². The first-order valence-corrected chi connectivity index (χ1v) is 6.60. The molecule has 0 bridgehead atoms. The smallest absolute Gasteiger partial charge is 0.267 e. The van der Waals surface area contributed by atoms with Crippen LogP contribution in [0.25, 0.3) is 10.9 Å². The average molecular weight is 316 g/mol. The van der Waals surface area contributed by atoms with Gasteiger partial charge in [-0.3, -0.25) is 4.79 Å². The van der Waals surface area contributed by atoms with Gasteiger partial charge in [0.1, 0.15) is 5.52 Å². The topological polar surface area (TPSA) is 47.8 Å². The number of hydrogen-bond donors (Lipinski definition) is 0. The highest BCUT2D eigenvalue weighted by atomic mass is 79.9. The third-order valence-electron chi connectivity index (χ3n) is 2.85. The van der Waals surface area contributed by atoms with Crippen LogP contribution >= 0.6 is 15.9 Å². The maximum atomic E-state index is 12.3. The fourth-order valence-corrected chi connectivity index (χ4v) is 2.38. The third-order valence-corrected chi connectivity index (χ3v) is 3.34. The average Bonchev–Trinajstić information content (AvgIpc) is 2.42. The van der Waals surface area contributed by atoms with Gasteiger partial charge in [0.05, 0.1) is 11.9 Å². The Bertz CT molecular complexity index is 798. The molecule has 2 aromatic carbocycles. The second-order valence-corrected chi connectivity index (χ2v) is 5.11. The van der Waals surface area contributed by atoms with Crippen molar-refractivity contribution in [2.75, 3.05) is 0 Å². The second-order valence-electron chi connectivity index (χ2n) is 4.20. The Hall–Kier alpha value is -2.01. The van der Waals surface area contributed by atoms with E-state index < -0.39 is 0 Å². The molecule has 0 unspecified atom stereocenters. The zero-order valence-electron chi connectivity index (χ0n) is 9.95. The van der Waals surface area contributed by atoms with Crippen LogP contribution in [0.5, 0.6) is 0 Å². The minimum absolute atomic E-state index is 0.120. The van der Waals surface area contributed by atoms with E-state index in [9.17, 15) is 4.79 Å². The maximum Gasteiger partial charge on any atom is 0.277 e. The van der Waals surface area contributed by atoms with Crippen LogP contribution in [-0.4, -0.2) is 15.0 Å². The summed E-state index contributed by atoms with van der Waals surface area (Å²) in [6.45, 7) is 0.413. The van der Waals surface area contributed by atoms with Crippen molar-refractivity contribution < 1.29 is 0 Å². The van der Waals surface area contributed by atoms with Crippen molar-refractivity contribution in [1.82, 2.24) is 15.0 Å². The molecule has 0 fully saturated rings. The molecular weight excluding hydrogens is 306 g/mol.